The van der Waals surface area contributed by atoms with Crippen LogP contribution in [0.1, 0.15) is 22.3 Å². The molecule has 17 heavy (non-hydrogen) atoms. The van der Waals surface area contributed by atoms with Gasteiger partial charge in [0, 0.05) is 13.0 Å². The number of amides is 1. The molecule has 0 saturated carbocycles. The summed E-state index contributed by atoms with van der Waals surface area (Å²) in [6.45, 7) is 2.22. The first kappa shape index (κ1) is 11.9. The van der Waals surface area contributed by atoms with Crippen LogP contribution in [0.5, 0.6) is 0 Å². The van der Waals surface area contributed by atoms with Gasteiger partial charge in [-0.1, -0.05) is 6.07 Å². The normalized spacial score (nSPS) is 19.8. The Morgan fingerprint density at radius 1 is 1.53 bits per heavy atom. The Kier molecular flexibility index (Phi) is 3.07. The van der Waals surface area contributed by atoms with Crippen molar-refractivity contribution in [3.05, 3.63) is 29.3 Å². The molecule has 0 aromatic heterocycles. The molecule has 1 N–H and O–H groups in total. The number of hydrogen-bond acceptors (Lipinski definition) is 2. The maximum atomic E-state index is 11.7. The molecule has 0 radical (unpaired) electrons. The minimum Gasteiger partial charge on any atom is -0.478 e. The highest BCUT2D eigenvalue weighted by Gasteiger charge is 2.31. The van der Waals surface area contributed by atoms with Crippen LogP contribution in [0.15, 0.2) is 18.2 Å². The summed E-state index contributed by atoms with van der Waals surface area (Å²) in [5, 5.41) is 8.85. The van der Waals surface area contributed by atoms with Crippen molar-refractivity contribution >= 4 is 29.2 Å². The van der Waals surface area contributed by atoms with E-state index < -0.39 is 5.97 Å². The lowest BCUT2D eigenvalue weighted by molar-refractivity contribution is -0.117. The van der Waals surface area contributed by atoms with Crippen molar-refractivity contribution in [1.82, 2.24) is 0 Å². The smallest absolute Gasteiger partial charge is 0.337 e. The van der Waals surface area contributed by atoms with Gasteiger partial charge in [0.15, 0.2) is 0 Å². The van der Waals surface area contributed by atoms with E-state index in [2.05, 4.69) is 0 Å². The summed E-state index contributed by atoms with van der Waals surface area (Å²) < 4.78 is 0. The van der Waals surface area contributed by atoms with Crippen LogP contribution in [0.3, 0.4) is 0 Å². The molecule has 90 valence electrons. The fourth-order valence-electron chi connectivity index (χ4n) is 1.94. The molecule has 5 heteroatoms. The number of carboxylic acids is 1. The third-order valence-corrected chi connectivity index (χ3v) is 3.04. The average Bonchev–Trinajstić information content (AvgIpc) is 2.57. The van der Waals surface area contributed by atoms with E-state index in [0.29, 0.717) is 12.2 Å². The largest absolute Gasteiger partial charge is 0.478 e. The second-order valence-corrected chi connectivity index (χ2v) is 4.75. The van der Waals surface area contributed by atoms with Crippen LogP contribution >= 0.6 is 11.6 Å². The number of aromatic carboxylic acids is 1. The topological polar surface area (TPSA) is 57.6 Å². The summed E-state index contributed by atoms with van der Waals surface area (Å²) >= 11 is 5.91. The number of rotatable bonds is 2. The van der Waals surface area contributed by atoms with Crippen LogP contribution in [-0.2, 0) is 4.79 Å². The number of benzene rings is 1. The van der Waals surface area contributed by atoms with E-state index in [-0.39, 0.29) is 23.3 Å². The van der Waals surface area contributed by atoms with Gasteiger partial charge in [-0.3, -0.25) is 4.79 Å². The number of carbonyl (C=O) groups excluding carboxylic acids is 1. The first-order valence-electron chi connectivity index (χ1n) is 5.27. The quantitative estimate of drug-likeness (QED) is 0.821. The Morgan fingerprint density at radius 3 is 2.76 bits per heavy atom. The van der Waals surface area contributed by atoms with Gasteiger partial charge in [0.25, 0.3) is 0 Å². The van der Waals surface area contributed by atoms with Gasteiger partial charge >= 0.3 is 5.97 Å². The standard InChI is InChI=1S/C12H12ClNO3/c1-7-2-3-9(12(16)17)10(4-7)14-6-8(13)5-11(14)15/h2-4,8H,5-6H2,1H3,(H,16,17). The molecule has 1 unspecified atom stereocenters. The molecule has 1 aromatic carbocycles. The third kappa shape index (κ3) is 2.26. The van der Waals surface area contributed by atoms with Gasteiger partial charge in [-0.25, -0.2) is 4.79 Å². The predicted octanol–water partition coefficient (Wildman–Crippen LogP) is 2.04. The number of anilines is 1. The van der Waals surface area contributed by atoms with Gasteiger partial charge in [0.05, 0.1) is 16.6 Å². The lowest BCUT2D eigenvalue weighted by Crippen LogP contribution is -2.26. The molecular weight excluding hydrogens is 242 g/mol. The van der Waals surface area contributed by atoms with E-state index in [1.54, 1.807) is 12.1 Å². The number of alkyl halides is 1. The van der Waals surface area contributed by atoms with Crippen molar-refractivity contribution in [2.24, 2.45) is 0 Å². The Balaban J connectivity index is 2.46. The van der Waals surface area contributed by atoms with Crippen LogP contribution in [0.2, 0.25) is 0 Å². The highest BCUT2D eigenvalue weighted by atomic mass is 35.5. The minimum absolute atomic E-state index is 0.127. The maximum absolute atomic E-state index is 11.7. The predicted molar refractivity (Wildman–Crippen MR) is 64.7 cm³/mol. The van der Waals surface area contributed by atoms with Crippen molar-refractivity contribution in [2.75, 3.05) is 11.4 Å². The summed E-state index contributed by atoms with van der Waals surface area (Å²) in [6, 6.07) is 4.93. The zero-order chi connectivity index (χ0) is 12.6. The number of halogens is 1. The molecule has 2 rings (SSSR count). The first-order valence-corrected chi connectivity index (χ1v) is 5.71. The molecule has 1 heterocycles. The van der Waals surface area contributed by atoms with Crippen LogP contribution in [-0.4, -0.2) is 28.9 Å². The van der Waals surface area contributed by atoms with E-state index in [9.17, 15) is 9.59 Å². The van der Waals surface area contributed by atoms with Crippen molar-refractivity contribution in [3.63, 3.8) is 0 Å². The van der Waals surface area contributed by atoms with Gasteiger partial charge in [0.2, 0.25) is 5.91 Å². The highest BCUT2D eigenvalue weighted by molar-refractivity contribution is 6.24. The molecule has 1 atom stereocenters. The van der Waals surface area contributed by atoms with E-state index in [1.807, 2.05) is 6.92 Å². The molecule has 1 aliphatic rings. The minimum atomic E-state index is -1.04. The third-order valence-electron chi connectivity index (χ3n) is 2.75. The summed E-state index contributed by atoms with van der Waals surface area (Å²) in [6.07, 6.45) is 0.258. The molecule has 1 aromatic rings. The molecule has 0 bridgehead atoms. The SMILES string of the molecule is Cc1ccc(C(=O)O)c(N2CC(Cl)CC2=O)c1. The van der Waals surface area contributed by atoms with E-state index >= 15 is 0 Å². The fraction of sp³-hybridized carbons (Fsp3) is 0.333. The van der Waals surface area contributed by atoms with Gasteiger partial charge < -0.3 is 10.0 Å². The maximum Gasteiger partial charge on any atom is 0.337 e. The molecular formula is C12H12ClNO3. The van der Waals surface area contributed by atoms with Crippen molar-refractivity contribution in [1.29, 1.82) is 0 Å². The summed E-state index contributed by atoms with van der Waals surface area (Å²) in [7, 11) is 0. The highest BCUT2D eigenvalue weighted by Crippen LogP contribution is 2.28. The lowest BCUT2D eigenvalue weighted by atomic mass is 10.1. The second-order valence-electron chi connectivity index (χ2n) is 4.13. The molecule has 4 nitrogen and oxygen atoms in total. The zero-order valence-corrected chi connectivity index (χ0v) is 10.1. The van der Waals surface area contributed by atoms with Crippen molar-refractivity contribution < 1.29 is 14.7 Å². The van der Waals surface area contributed by atoms with Gasteiger partial charge in [-0.2, -0.15) is 0 Å². The van der Waals surface area contributed by atoms with Crippen LogP contribution < -0.4 is 4.90 Å². The zero-order valence-electron chi connectivity index (χ0n) is 9.31. The van der Waals surface area contributed by atoms with Crippen LogP contribution in [0.4, 0.5) is 5.69 Å². The monoisotopic (exact) mass is 253 g/mol. The number of hydrogen-bond donors (Lipinski definition) is 1. The fourth-order valence-corrected chi connectivity index (χ4v) is 2.21. The Labute approximate surface area is 104 Å². The number of carboxylic acid groups (broad SMARTS) is 1. The van der Waals surface area contributed by atoms with Gasteiger partial charge in [-0.05, 0) is 24.6 Å². The number of carbonyl (C=O) groups is 2. The lowest BCUT2D eigenvalue weighted by Gasteiger charge is -2.18. The van der Waals surface area contributed by atoms with Crippen molar-refractivity contribution in [2.45, 2.75) is 18.7 Å². The molecule has 1 amide bonds. The summed E-state index contributed by atoms with van der Waals surface area (Å²) in [5.41, 5.74) is 1.48. The number of nitrogens with zero attached hydrogens (tertiary/aromatic N) is 1. The second kappa shape index (κ2) is 4.37. The average molecular weight is 254 g/mol. The van der Waals surface area contributed by atoms with Crippen LogP contribution in [0, 0.1) is 6.92 Å². The number of aryl methyl sites for hydroxylation is 1. The Bertz CT molecular complexity index is 487. The first-order chi connectivity index (χ1) is 7.99. The molecule has 1 aliphatic heterocycles. The summed E-state index contributed by atoms with van der Waals surface area (Å²) in [4.78, 5) is 24.3. The molecule has 0 spiro atoms. The molecule has 0 aliphatic carbocycles. The molecule has 1 saturated heterocycles. The van der Waals surface area contributed by atoms with Gasteiger partial charge in [-0.15, -0.1) is 11.6 Å². The summed E-state index contributed by atoms with van der Waals surface area (Å²) in [5.74, 6) is -1.16. The Morgan fingerprint density at radius 2 is 2.24 bits per heavy atom. The van der Waals surface area contributed by atoms with Gasteiger partial charge in [0.1, 0.15) is 0 Å². The van der Waals surface area contributed by atoms with E-state index in [0.717, 1.165) is 5.56 Å². The van der Waals surface area contributed by atoms with Crippen LogP contribution in [0.25, 0.3) is 0 Å². The molecule has 1 fully saturated rings. The van der Waals surface area contributed by atoms with E-state index in [4.69, 9.17) is 16.7 Å². The Hall–Kier alpha value is -1.55. The van der Waals surface area contributed by atoms with E-state index in [1.165, 1.54) is 11.0 Å². The van der Waals surface area contributed by atoms with Crippen molar-refractivity contribution in [3.8, 4) is 0 Å².